The first kappa shape index (κ1) is 13.5. The van der Waals surface area contributed by atoms with E-state index in [2.05, 4.69) is 5.32 Å². The molecule has 1 aromatic rings. The Morgan fingerprint density at radius 2 is 1.89 bits per heavy atom. The molecule has 1 aromatic carbocycles. The van der Waals surface area contributed by atoms with Crippen molar-refractivity contribution in [1.82, 2.24) is 5.32 Å². The van der Waals surface area contributed by atoms with Crippen molar-refractivity contribution >= 4 is 11.9 Å². The third kappa shape index (κ3) is 2.46. The molecular formula is C14H17NO4. The molecule has 1 aliphatic carbocycles. The summed E-state index contributed by atoms with van der Waals surface area (Å²) in [6, 6.07) is 8.13. The van der Waals surface area contributed by atoms with Gasteiger partial charge in [0.1, 0.15) is 6.04 Å². The van der Waals surface area contributed by atoms with Gasteiger partial charge in [0.2, 0.25) is 5.91 Å². The Morgan fingerprint density at radius 3 is 2.32 bits per heavy atom. The maximum absolute atomic E-state index is 12.3. The van der Waals surface area contributed by atoms with Crippen LogP contribution in [0.3, 0.4) is 0 Å². The number of hydrogen-bond donors (Lipinski definition) is 3. The number of carbonyl (C=O) groups is 2. The smallest absolute Gasteiger partial charge is 0.328 e. The fourth-order valence-corrected chi connectivity index (χ4v) is 2.42. The number of amides is 1. The van der Waals surface area contributed by atoms with E-state index in [4.69, 9.17) is 10.2 Å². The van der Waals surface area contributed by atoms with Crippen LogP contribution in [0.25, 0.3) is 0 Å². The van der Waals surface area contributed by atoms with Gasteiger partial charge in [-0.25, -0.2) is 4.79 Å². The zero-order valence-electron chi connectivity index (χ0n) is 10.5. The maximum Gasteiger partial charge on any atom is 0.328 e. The number of nitrogens with one attached hydrogen (secondary N) is 1. The van der Waals surface area contributed by atoms with Crippen molar-refractivity contribution in [3.8, 4) is 0 Å². The van der Waals surface area contributed by atoms with E-state index in [1.165, 1.54) is 0 Å². The van der Waals surface area contributed by atoms with Gasteiger partial charge in [0, 0.05) is 0 Å². The van der Waals surface area contributed by atoms with Gasteiger partial charge in [-0.3, -0.25) is 4.79 Å². The molecule has 1 amide bonds. The summed E-state index contributed by atoms with van der Waals surface area (Å²) in [5.74, 6) is -1.54. The highest BCUT2D eigenvalue weighted by Crippen LogP contribution is 2.43. The third-order valence-electron chi connectivity index (χ3n) is 3.75. The van der Waals surface area contributed by atoms with Crippen molar-refractivity contribution in [2.24, 2.45) is 0 Å². The molecule has 102 valence electrons. The van der Waals surface area contributed by atoms with Gasteiger partial charge in [-0.2, -0.15) is 0 Å². The molecule has 1 aliphatic rings. The van der Waals surface area contributed by atoms with E-state index in [1.54, 1.807) is 0 Å². The Labute approximate surface area is 111 Å². The van der Waals surface area contributed by atoms with Gasteiger partial charge in [-0.05, 0) is 18.4 Å². The molecular weight excluding hydrogens is 246 g/mol. The Kier molecular flexibility index (Phi) is 3.85. The van der Waals surface area contributed by atoms with E-state index in [1.807, 2.05) is 30.3 Å². The van der Waals surface area contributed by atoms with Crippen molar-refractivity contribution in [2.75, 3.05) is 6.61 Å². The summed E-state index contributed by atoms with van der Waals surface area (Å²) in [7, 11) is 0. The molecule has 5 heteroatoms. The predicted molar refractivity (Wildman–Crippen MR) is 68.6 cm³/mol. The number of rotatable bonds is 5. The van der Waals surface area contributed by atoms with Crippen LogP contribution in [0.1, 0.15) is 24.8 Å². The Balaban J connectivity index is 2.18. The fourth-order valence-electron chi connectivity index (χ4n) is 2.42. The lowest BCUT2D eigenvalue weighted by molar-refractivity contribution is -0.144. The van der Waals surface area contributed by atoms with Crippen molar-refractivity contribution < 1.29 is 19.8 Å². The number of carboxylic acid groups (broad SMARTS) is 1. The minimum atomic E-state index is -1.24. The summed E-state index contributed by atoms with van der Waals surface area (Å²) < 4.78 is 0. The highest BCUT2D eigenvalue weighted by Gasteiger charge is 2.46. The van der Waals surface area contributed by atoms with Crippen LogP contribution in [0.5, 0.6) is 0 Å². The van der Waals surface area contributed by atoms with Gasteiger partial charge in [0.15, 0.2) is 0 Å². The lowest BCUT2D eigenvalue weighted by Gasteiger charge is -2.41. The van der Waals surface area contributed by atoms with Gasteiger partial charge in [-0.15, -0.1) is 0 Å². The lowest BCUT2D eigenvalue weighted by atomic mass is 9.63. The largest absolute Gasteiger partial charge is 0.480 e. The standard InChI is InChI=1S/C14H17NO4/c16-9-11(12(17)18)15-13(19)14(7-4-8-14)10-5-2-1-3-6-10/h1-3,5-6,11,16H,4,7-9H2,(H,15,19)(H,17,18)/t11-/m0/s1. The number of benzene rings is 1. The summed E-state index contributed by atoms with van der Waals surface area (Å²) in [6.07, 6.45) is 2.36. The van der Waals surface area contributed by atoms with Gasteiger partial charge in [-0.1, -0.05) is 36.8 Å². The second-order valence-electron chi connectivity index (χ2n) is 4.85. The van der Waals surface area contributed by atoms with E-state index in [0.29, 0.717) is 12.8 Å². The highest BCUT2D eigenvalue weighted by atomic mass is 16.4. The van der Waals surface area contributed by atoms with Crippen LogP contribution >= 0.6 is 0 Å². The van der Waals surface area contributed by atoms with E-state index in [-0.39, 0.29) is 5.91 Å². The Bertz CT molecular complexity index is 468. The van der Waals surface area contributed by atoms with E-state index < -0.39 is 24.0 Å². The lowest BCUT2D eigenvalue weighted by Crippen LogP contribution is -2.54. The molecule has 1 saturated carbocycles. The van der Waals surface area contributed by atoms with Crippen LogP contribution in [-0.2, 0) is 15.0 Å². The molecule has 2 rings (SSSR count). The third-order valence-corrected chi connectivity index (χ3v) is 3.75. The Hall–Kier alpha value is -1.88. The van der Waals surface area contributed by atoms with Gasteiger partial charge >= 0.3 is 5.97 Å². The molecule has 5 nitrogen and oxygen atoms in total. The molecule has 0 unspecified atom stereocenters. The SMILES string of the molecule is O=C(O)[C@H](CO)NC(=O)C1(c2ccccc2)CCC1. The zero-order valence-corrected chi connectivity index (χ0v) is 10.5. The molecule has 0 aliphatic heterocycles. The number of aliphatic hydroxyl groups is 1. The van der Waals surface area contributed by atoms with Crippen LogP contribution < -0.4 is 5.32 Å². The molecule has 3 N–H and O–H groups in total. The topological polar surface area (TPSA) is 86.6 Å². The number of carbonyl (C=O) groups excluding carboxylic acids is 1. The summed E-state index contributed by atoms with van der Waals surface area (Å²) in [4.78, 5) is 23.2. The molecule has 1 fully saturated rings. The quantitative estimate of drug-likeness (QED) is 0.728. The summed E-state index contributed by atoms with van der Waals surface area (Å²) >= 11 is 0. The summed E-state index contributed by atoms with van der Waals surface area (Å²) in [5.41, 5.74) is 0.269. The second kappa shape index (κ2) is 5.40. The normalized spacial score (nSPS) is 18.2. The summed E-state index contributed by atoms with van der Waals surface area (Å²) in [5, 5.41) is 20.3. The van der Waals surface area contributed by atoms with Gasteiger partial charge in [0.25, 0.3) is 0 Å². The van der Waals surface area contributed by atoms with E-state index >= 15 is 0 Å². The van der Waals surface area contributed by atoms with Crippen molar-refractivity contribution in [1.29, 1.82) is 0 Å². The minimum absolute atomic E-state index is 0.314. The first-order valence-corrected chi connectivity index (χ1v) is 6.30. The van der Waals surface area contributed by atoms with E-state index in [9.17, 15) is 9.59 Å². The van der Waals surface area contributed by atoms with Gasteiger partial charge in [0.05, 0.1) is 12.0 Å². The maximum atomic E-state index is 12.3. The average Bonchev–Trinajstić information content (AvgIpc) is 2.35. The number of aliphatic hydroxyl groups excluding tert-OH is 1. The van der Waals surface area contributed by atoms with Gasteiger partial charge < -0.3 is 15.5 Å². The molecule has 0 bridgehead atoms. The van der Waals surface area contributed by atoms with Crippen LogP contribution in [0.2, 0.25) is 0 Å². The molecule has 0 saturated heterocycles. The molecule has 0 heterocycles. The zero-order chi connectivity index (χ0) is 13.9. The molecule has 0 radical (unpaired) electrons. The minimum Gasteiger partial charge on any atom is -0.480 e. The predicted octanol–water partition coefficient (Wildman–Crippen LogP) is 0.670. The summed E-state index contributed by atoms with van der Waals surface area (Å²) in [6.45, 7) is -0.605. The average molecular weight is 263 g/mol. The highest BCUT2D eigenvalue weighted by molar-refractivity contribution is 5.92. The van der Waals surface area contributed by atoms with Crippen LogP contribution in [0, 0.1) is 0 Å². The monoisotopic (exact) mass is 263 g/mol. The second-order valence-corrected chi connectivity index (χ2v) is 4.85. The van der Waals surface area contributed by atoms with Crippen LogP contribution in [-0.4, -0.2) is 34.7 Å². The molecule has 0 aromatic heterocycles. The van der Waals surface area contributed by atoms with Crippen LogP contribution in [0.15, 0.2) is 30.3 Å². The number of aliphatic carboxylic acids is 1. The van der Waals surface area contributed by atoms with Crippen molar-refractivity contribution in [3.05, 3.63) is 35.9 Å². The molecule has 19 heavy (non-hydrogen) atoms. The number of hydrogen-bond acceptors (Lipinski definition) is 3. The van der Waals surface area contributed by atoms with Crippen molar-refractivity contribution in [3.63, 3.8) is 0 Å². The first-order valence-electron chi connectivity index (χ1n) is 6.30. The molecule has 1 atom stereocenters. The van der Waals surface area contributed by atoms with E-state index in [0.717, 1.165) is 12.0 Å². The number of carboxylic acids is 1. The molecule has 0 spiro atoms. The fraction of sp³-hybridized carbons (Fsp3) is 0.429. The first-order chi connectivity index (χ1) is 9.10. The van der Waals surface area contributed by atoms with Crippen molar-refractivity contribution in [2.45, 2.75) is 30.7 Å². The van der Waals surface area contributed by atoms with Crippen LogP contribution in [0.4, 0.5) is 0 Å². The Morgan fingerprint density at radius 1 is 1.26 bits per heavy atom.